The number of hydrogen-bond acceptors (Lipinski definition) is 4. The number of ether oxygens (including phenoxy) is 1. The number of nitrogens with zero attached hydrogens (tertiary/aromatic N) is 1. The van der Waals surface area contributed by atoms with Crippen molar-refractivity contribution in [3.05, 3.63) is 16.6 Å². The molecule has 3 nitrogen and oxygen atoms in total. The van der Waals surface area contributed by atoms with Gasteiger partial charge in [-0.1, -0.05) is 19.3 Å². The van der Waals surface area contributed by atoms with Crippen LogP contribution < -0.4 is 0 Å². The quantitative estimate of drug-likeness (QED) is 0.894. The molecule has 1 saturated heterocycles. The summed E-state index contributed by atoms with van der Waals surface area (Å²) in [6.45, 7) is 0.797. The fourth-order valence-corrected chi connectivity index (χ4v) is 4.07. The van der Waals surface area contributed by atoms with Gasteiger partial charge >= 0.3 is 0 Å². The lowest BCUT2D eigenvalue weighted by atomic mass is 9.74. The summed E-state index contributed by atoms with van der Waals surface area (Å²) in [6.07, 6.45) is 7.80. The summed E-state index contributed by atoms with van der Waals surface area (Å²) >= 11 is 1.56. The molecule has 0 radical (unpaired) electrons. The van der Waals surface area contributed by atoms with E-state index in [1.165, 1.54) is 32.1 Å². The SMILES string of the molecule is OC(c1cscn1)C1CCOC2(CCCCC2)C1. The molecule has 3 rings (SSSR count). The molecule has 0 amide bonds. The highest BCUT2D eigenvalue weighted by atomic mass is 32.1. The van der Waals surface area contributed by atoms with Crippen LogP contribution in [0, 0.1) is 5.92 Å². The second-order valence-electron chi connectivity index (χ2n) is 5.70. The van der Waals surface area contributed by atoms with Gasteiger partial charge < -0.3 is 9.84 Å². The molecule has 2 unspecified atom stereocenters. The van der Waals surface area contributed by atoms with E-state index < -0.39 is 6.10 Å². The van der Waals surface area contributed by atoms with Crippen molar-refractivity contribution < 1.29 is 9.84 Å². The number of aliphatic hydroxyl groups excluding tert-OH is 1. The molecular weight excluding hydrogens is 246 g/mol. The topological polar surface area (TPSA) is 42.4 Å². The Hall–Kier alpha value is -0.450. The molecule has 0 aromatic carbocycles. The first-order valence-electron chi connectivity index (χ1n) is 6.99. The predicted molar refractivity (Wildman–Crippen MR) is 71.6 cm³/mol. The van der Waals surface area contributed by atoms with E-state index in [0.717, 1.165) is 25.1 Å². The average molecular weight is 267 g/mol. The van der Waals surface area contributed by atoms with Crippen LogP contribution in [0.1, 0.15) is 56.7 Å². The van der Waals surface area contributed by atoms with Crippen molar-refractivity contribution in [2.24, 2.45) is 5.92 Å². The molecule has 0 bridgehead atoms. The van der Waals surface area contributed by atoms with Crippen LogP contribution in [0.2, 0.25) is 0 Å². The van der Waals surface area contributed by atoms with Crippen molar-refractivity contribution in [2.75, 3.05) is 6.61 Å². The van der Waals surface area contributed by atoms with Gasteiger partial charge in [0.05, 0.1) is 22.9 Å². The van der Waals surface area contributed by atoms with Gasteiger partial charge in [0.2, 0.25) is 0 Å². The van der Waals surface area contributed by atoms with Crippen LogP contribution >= 0.6 is 11.3 Å². The fourth-order valence-electron chi connectivity index (χ4n) is 3.49. The lowest BCUT2D eigenvalue weighted by Gasteiger charge is -2.44. The zero-order chi connectivity index (χ0) is 12.4. The normalized spacial score (nSPS) is 29.3. The van der Waals surface area contributed by atoms with Gasteiger partial charge in [-0.05, 0) is 31.6 Å². The lowest BCUT2D eigenvalue weighted by Crippen LogP contribution is -2.42. The van der Waals surface area contributed by atoms with E-state index >= 15 is 0 Å². The molecule has 100 valence electrons. The second kappa shape index (κ2) is 5.27. The highest BCUT2D eigenvalue weighted by molar-refractivity contribution is 7.07. The molecule has 1 aromatic rings. The molecule has 1 N–H and O–H groups in total. The van der Waals surface area contributed by atoms with E-state index in [-0.39, 0.29) is 5.60 Å². The molecule has 1 saturated carbocycles. The smallest absolute Gasteiger partial charge is 0.0998 e. The van der Waals surface area contributed by atoms with Gasteiger partial charge in [-0.3, -0.25) is 0 Å². The predicted octanol–water partition coefficient (Wildman–Crippen LogP) is 3.31. The van der Waals surface area contributed by atoms with E-state index in [1.807, 2.05) is 5.38 Å². The largest absolute Gasteiger partial charge is 0.386 e. The molecule has 2 atom stereocenters. The molecule has 2 aliphatic rings. The van der Waals surface area contributed by atoms with Gasteiger partial charge in [-0.25, -0.2) is 4.98 Å². The summed E-state index contributed by atoms with van der Waals surface area (Å²) < 4.78 is 6.08. The molecule has 2 fully saturated rings. The van der Waals surface area contributed by atoms with Crippen molar-refractivity contribution >= 4 is 11.3 Å². The summed E-state index contributed by atoms with van der Waals surface area (Å²) in [4.78, 5) is 4.25. The van der Waals surface area contributed by atoms with Gasteiger partial charge in [0.25, 0.3) is 0 Å². The first-order valence-corrected chi connectivity index (χ1v) is 7.93. The first-order chi connectivity index (χ1) is 8.79. The molecule has 1 spiro atoms. The number of aromatic nitrogens is 1. The second-order valence-corrected chi connectivity index (χ2v) is 6.42. The molecule has 1 aliphatic carbocycles. The third-order valence-corrected chi connectivity index (χ3v) is 5.10. The molecule has 4 heteroatoms. The zero-order valence-corrected chi connectivity index (χ0v) is 11.5. The number of hydrogen-bond donors (Lipinski definition) is 1. The Labute approximate surface area is 112 Å². The van der Waals surface area contributed by atoms with Gasteiger partial charge in [-0.15, -0.1) is 11.3 Å². The summed E-state index contributed by atoms with van der Waals surface area (Å²) in [6, 6.07) is 0. The highest BCUT2D eigenvalue weighted by Crippen LogP contribution is 2.44. The van der Waals surface area contributed by atoms with Gasteiger partial charge in [0.1, 0.15) is 0 Å². The van der Waals surface area contributed by atoms with Crippen LogP contribution in [0.4, 0.5) is 0 Å². The minimum Gasteiger partial charge on any atom is -0.386 e. The third kappa shape index (κ3) is 2.46. The van der Waals surface area contributed by atoms with Crippen molar-refractivity contribution in [3.63, 3.8) is 0 Å². The summed E-state index contributed by atoms with van der Waals surface area (Å²) in [5.74, 6) is 0.318. The number of rotatable bonds is 2. The molecule has 1 aliphatic heterocycles. The Bertz CT molecular complexity index is 368. The summed E-state index contributed by atoms with van der Waals surface area (Å²) in [5.41, 5.74) is 2.71. The monoisotopic (exact) mass is 267 g/mol. The molecule has 2 heterocycles. The van der Waals surface area contributed by atoms with E-state index in [2.05, 4.69) is 4.98 Å². The van der Waals surface area contributed by atoms with Gasteiger partial charge in [-0.2, -0.15) is 0 Å². The maximum Gasteiger partial charge on any atom is 0.0998 e. The fraction of sp³-hybridized carbons (Fsp3) is 0.786. The number of aliphatic hydroxyl groups is 1. The van der Waals surface area contributed by atoms with E-state index in [9.17, 15) is 5.11 Å². The zero-order valence-electron chi connectivity index (χ0n) is 10.7. The Morgan fingerprint density at radius 2 is 2.22 bits per heavy atom. The number of thiazole rings is 1. The molecular formula is C14H21NO2S. The van der Waals surface area contributed by atoms with Crippen LogP contribution in [0.5, 0.6) is 0 Å². The van der Waals surface area contributed by atoms with Crippen molar-refractivity contribution in [3.8, 4) is 0 Å². The maximum atomic E-state index is 10.4. The summed E-state index contributed by atoms with van der Waals surface area (Å²) in [5, 5.41) is 12.4. The lowest BCUT2D eigenvalue weighted by molar-refractivity contribution is -0.134. The van der Waals surface area contributed by atoms with E-state index in [0.29, 0.717) is 5.92 Å². The maximum absolute atomic E-state index is 10.4. The van der Waals surface area contributed by atoms with Crippen molar-refractivity contribution in [1.82, 2.24) is 4.98 Å². The third-order valence-electron chi connectivity index (χ3n) is 4.50. The van der Waals surface area contributed by atoms with Crippen LogP contribution in [-0.2, 0) is 4.74 Å². The summed E-state index contributed by atoms with van der Waals surface area (Å²) in [7, 11) is 0. The Morgan fingerprint density at radius 1 is 1.39 bits per heavy atom. The first kappa shape index (κ1) is 12.6. The highest BCUT2D eigenvalue weighted by Gasteiger charge is 2.41. The van der Waals surface area contributed by atoms with Crippen LogP contribution in [0.3, 0.4) is 0 Å². The minimum atomic E-state index is -0.404. The Kier molecular flexibility index (Phi) is 3.68. The average Bonchev–Trinajstić information content (AvgIpc) is 2.93. The van der Waals surface area contributed by atoms with Crippen LogP contribution in [-0.4, -0.2) is 22.3 Å². The Balaban J connectivity index is 1.70. The van der Waals surface area contributed by atoms with Crippen molar-refractivity contribution in [2.45, 2.75) is 56.7 Å². The van der Waals surface area contributed by atoms with Gasteiger partial charge in [0.15, 0.2) is 0 Å². The van der Waals surface area contributed by atoms with Crippen molar-refractivity contribution in [1.29, 1.82) is 0 Å². The standard InChI is InChI=1S/C14H21NO2S/c16-13(12-9-18-10-15-12)11-4-7-17-14(8-11)5-2-1-3-6-14/h9-11,13,16H,1-8H2. The minimum absolute atomic E-state index is 0.0676. The molecule has 18 heavy (non-hydrogen) atoms. The van der Waals surface area contributed by atoms with Gasteiger partial charge in [0, 0.05) is 12.0 Å². The van der Waals surface area contributed by atoms with E-state index in [4.69, 9.17) is 4.74 Å². The van der Waals surface area contributed by atoms with Crippen LogP contribution in [0.25, 0.3) is 0 Å². The van der Waals surface area contributed by atoms with E-state index in [1.54, 1.807) is 16.8 Å². The van der Waals surface area contributed by atoms with Crippen LogP contribution in [0.15, 0.2) is 10.9 Å². The Morgan fingerprint density at radius 3 is 2.94 bits per heavy atom. The molecule has 1 aromatic heterocycles.